The number of esters is 1. The lowest BCUT2D eigenvalue weighted by atomic mass is 9.94. The van der Waals surface area contributed by atoms with E-state index in [1.54, 1.807) is 76.4 Å². The summed E-state index contributed by atoms with van der Waals surface area (Å²) < 4.78 is 30.7. The van der Waals surface area contributed by atoms with Crippen LogP contribution >= 0.6 is 0 Å². The molecule has 6 rings (SSSR count). The van der Waals surface area contributed by atoms with E-state index in [0.29, 0.717) is 16.9 Å². The first-order valence-electron chi connectivity index (χ1n) is 14.3. The first-order valence-corrected chi connectivity index (χ1v) is 15.6. The van der Waals surface area contributed by atoms with E-state index in [1.165, 1.54) is 9.80 Å². The molecule has 1 N–H and O–H groups in total. The van der Waals surface area contributed by atoms with Gasteiger partial charge in [-0.2, -0.15) is 0 Å². The molecule has 2 aromatic rings. The first-order chi connectivity index (χ1) is 21.0. The number of carbonyl (C=O) groups excluding carboxylic acids is 4. The molecule has 6 atom stereocenters. The van der Waals surface area contributed by atoms with Gasteiger partial charge >= 0.3 is 12.1 Å². The summed E-state index contributed by atoms with van der Waals surface area (Å²) in [7, 11) is -0.228. The summed E-state index contributed by atoms with van der Waals surface area (Å²) in [6.07, 6.45) is 2.94. The predicted octanol–water partition coefficient (Wildman–Crippen LogP) is 2.58. The van der Waals surface area contributed by atoms with Crippen LogP contribution in [0, 0.1) is 0 Å². The summed E-state index contributed by atoms with van der Waals surface area (Å²) in [6.45, 7) is 5.15. The topological polar surface area (TPSA) is 132 Å². The van der Waals surface area contributed by atoms with Gasteiger partial charge in [0.05, 0.1) is 41.7 Å². The van der Waals surface area contributed by atoms with Crippen LogP contribution in [0.15, 0.2) is 78.0 Å². The van der Waals surface area contributed by atoms with E-state index >= 15 is 0 Å². The molecule has 2 fully saturated rings. The molecular formula is C32H33N3O8S. The monoisotopic (exact) mass is 619 g/mol. The van der Waals surface area contributed by atoms with Crippen LogP contribution in [0.3, 0.4) is 0 Å². The lowest BCUT2D eigenvalue weighted by molar-refractivity contribution is -0.153. The van der Waals surface area contributed by atoms with Gasteiger partial charge in [-0.25, -0.2) is 9.59 Å². The van der Waals surface area contributed by atoms with E-state index in [1.807, 2.05) is 18.2 Å². The van der Waals surface area contributed by atoms with Crippen molar-refractivity contribution >= 4 is 34.7 Å². The average Bonchev–Trinajstić information content (AvgIpc) is 3.56. The minimum atomic E-state index is -1.78. The molecule has 230 valence electrons. The van der Waals surface area contributed by atoms with Crippen LogP contribution in [0.25, 0.3) is 0 Å². The molecule has 44 heavy (non-hydrogen) atoms. The third kappa shape index (κ3) is 5.17. The zero-order chi connectivity index (χ0) is 31.3. The molecule has 0 saturated carbocycles. The van der Waals surface area contributed by atoms with Crippen LogP contribution in [0.2, 0.25) is 0 Å². The Balaban J connectivity index is 1.31. The zero-order valence-corrected chi connectivity index (χ0v) is 25.5. The molecule has 2 aromatic carbocycles. The van der Waals surface area contributed by atoms with E-state index in [9.17, 15) is 23.4 Å². The molecule has 1 unspecified atom stereocenters. The fraction of sp³-hybridized carbons (Fsp3) is 0.375. The molecule has 4 heterocycles. The Morgan fingerprint density at radius 2 is 1.68 bits per heavy atom. The number of ether oxygens (including phenoxy) is 3. The predicted molar refractivity (Wildman–Crippen MR) is 159 cm³/mol. The Kier molecular flexibility index (Phi) is 7.56. The molecule has 12 heteroatoms. The standard InChI is InChI=1S/C32H33N3O8S/c1-32(2,3)43-31(39)34-21-14-15-22(34)27-24(21)26(30(38)42-17-19-10-12-20(41-4)13-11-19)35-28(37)25(29(35)44(27)40)33-23(36)16-18-8-6-5-7-9-18/h5-15,21-22,25,27,29H,16-17H2,1-4H3,(H,33,36)/t21-,22+,25+,27-,29+,44?/m0/s1. The van der Waals surface area contributed by atoms with Crippen molar-refractivity contribution in [3.8, 4) is 5.75 Å². The number of rotatable bonds is 7. The van der Waals surface area contributed by atoms with Gasteiger partial charge in [-0.1, -0.05) is 54.6 Å². The van der Waals surface area contributed by atoms with Crippen molar-refractivity contribution in [3.63, 3.8) is 0 Å². The maximum Gasteiger partial charge on any atom is 0.411 e. The van der Waals surface area contributed by atoms with E-state index < -0.39 is 69.0 Å². The van der Waals surface area contributed by atoms with Gasteiger partial charge in [-0.15, -0.1) is 0 Å². The van der Waals surface area contributed by atoms with Gasteiger partial charge in [0.1, 0.15) is 35.1 Å². The second-order valence-corrected chi connectivity index (χ2v) is 13.6. The van der Waals surface area contributed by atoms with Crippen LogP contribution in [-0.4, -0.2) is 79.3 Å². The highest BCUT2D eigenvalue weighted by Crippen LogP contribution is 2.49. The number of fused-ring (bicyclic) bond motifs is 6. The van der Waals surface area contributed by atoms with E-state index in [2.05, 4.69) is 5.32 Å². The second-order valence-electron chi connectivity index (χ2n) is 12.0. The van der Waals surface area contributed by atoms with Crippen LogP contribution in [0.1, 0.15) is 31.9 Å². The molecule has 2 saturated heterocycles. The van der Waals surface area contributed by atoms with Gasteiger partial charge in [0.25, 0.3) is 5.91 Å². The van der Waals surface area contributed by atoms with Crippen LogP contribution < -0.4 is 10.1 Å². The van der Waals surface area contributed by atoms with Crippen molar-refractivity contribution in [1.29, 1.82) is 0 Å². The number of benzene rings is 2. The number of methoxy groups -OCH3 is 1. The minimum absolute atomic E-state index is 0.0328. The van der Waals surface area contributed by atoms with Crippen molar-refractivity contribution in [1.82, 2.24) is 15.1 Å². The number of hydrogen-bond donors (Lipinski definition) is 1. The Morgan fingerprint density at radius 3 is 2.34 bits per heavy atom. The number of nitrogens with zero attached hydrogens (tertiary/aromatic N) is 2. The molecule has 4 aliphatic rings. The van der Waals surface area contributed by atoms with Gasteiger partial charge in [0, 0.05) is 5.57 Å². The van der Waals surface area contributed by atoms with E-state index in [4.69, 9.17) is 14.2 Å². The highest BCUT2D eigenvalue weighted by Gasteiger charge is 2.66. The highest BCUT2D eigenvalue weighted by atomic mass is 32.2. The van der Waals surface area contributed by atoms with Crippen molar-refractivity contribution in [3.05, 3.63) is 89.1 Å². The van der Waals surface area contributed by atoms with Gasteiger partial charge in [-0.3, -0.25) is 23.6 Å². The molecular weight excluding hydrogens is 586 g/mol. The Hall–Kier alpha value is -4.45. The number of carbonyl (C=O) groups is 4. The normalized spacial score (nSPS) is 26.5. The van der Waals surface area contributed by atoms with E-state index in [-0.39, 0.29) is 18.7 Å². The van der Waals surface area contributed by atoms with E-state index in [0.717, 1.165) is 5.56 Å². The van der Waals surface area contributed by atoms with Crippen molar-refractivity contribution in [2.24, 2.45) is 0 Å². The number of β-lactam (4-membered cyclic amide) rings is 1. The average molecular weight is 620 g/mol. The summed E-state index contributed by atoms with van der Waals surface area (Å²) in [4.78, 5) is 56.2. The van der Waals surface area contributed by atoms with Crippen LogP contribution in [0.5, 0.6) is 5.75 Å². The first kappa shape index (κ1) is 29.6. The van der Waals surface area contributed by atoms with Crippen molar-refractivity contribution in [2.45, 2.75) is 68.1 Å². The lowest BCUT2D eigenvalue weighted by Crippen LogP contribution is -2.75. The molecule has 0 aliphatic carbocycles. The molecule has 0 spiro atoms. The van der Waals surface area contributed by atoms with Crippen LogP contribution in [-0.2, 0) is 47.7 Å². The summed E-state index contributed by atoms with van der Waals surface area (Å²) in [6, 6.07) is 13.5. The highest BCUT2D eigenvalue weighted by molar-refractivity contribution is 7.86. The SMILES string of the molecule is COc1ccc(COC(=O)C2=C3[C@H]([C@H]4C=C[C@@H]3N4C(=O)OC(C)(C)C)S(=O)[C@@H]3[C@H](NC(=O)Cc4ccccc4)C(=O)N23)cc1. The van der Waals surface area contributed by atoms with Gasteiger partial charge in [0.2, 0.25) is 5.91 Å². The maximum absolute atomic E-state index is 14.2. The van der Waals surface area contributed by atoms with Gasteiger partial charge in [-0.05, 0) is 44.0 Å². The fourth-order valence-electron chi connectivity index (χ4n) is 6.05. The van der Waals surface area contributed by atoms with Crippen LogP contribution in [0.4, 0.5) is 4.79 Å². The third-order valence-corrected chi connectivity index (χ3v) is 9.94. The Labute approximate surface area is 257 Å². The number of hydrogen-bond acceptors (Lipinski definition) is 8. The Bertz CT molecular complexity index is 1600. The van der Waals surface area contributed by atoms with Gasteiger partial charge < -0.3 is 19.5 Å². The number of nitrogens with one attached hydrogen (secondary N) is 1. The number of amides is 3. The van der Waals surface area contributed by atoms with Gasteiger partial charge in [0.15, 0.2) is 0 Å². The zero-order valence-electron chi connectivity index (χ0n) is 24.7. The maximum atomic E-state index is 14.2. The summed E-state index contributed by atoms with van der Waals surface area (Å²) >= 11 is 0. The quantitative estimate of drug-likeness (QED) is 0.284. The molecule has 0 aromatic heterocycles. The summed E-state index contributed by atoms with van der Waals surface area (Å²) in [5.41, 5.74) is 0.998. The molecule has 3 amide bonds. The fourth-order valence-corrected chi connectivity index (χ4v) is 8.22. The lowest BCUT2D eigenvalue weighted by Gasteiger charge is -2.51. The smallest absolute Gasteiger partial charge is 0.411 e. The van der Waals surface area contributed by atoms with Crippen molar-refractivity contribution < 1.29 is 37.6 Å². The largest absolute Gasteiger partial charge is 0.497 e. The summed E-state index contributed by atoms with van der Waals surface area (Å²) in [5, 5.41) is 0.934. The minimum Gasteiger partial charge on any atom is -0.497 e. The Morgan fingerprint density at radius 1 is 0.977 bits per heavy atom. The molecule has 2 bridgehead atoms. The molecule has 0 radical (unpaired) electrons. The molecule has 11 nitrogen and oxygen atoms in total. The second kappa shape index (κ2) is 11.2. The third-order valence-electron chi connectivity index (χ3n) is 7.94. The summed E-state index contributed by atoms with van der Waals surface area (Å²) in [5.74, 6) is -1.11. The molecule has 4 aliphatic heterocycles. The van der Waals surface area contributed by atoms with Crippen molar-refractivity contribution in [2.75, 3.05) is 7.11 Å².